The highest BCUT2D eigenvalue weighted by atomic mass is 16.5. The average Bonchev–Trinajstić information content (AvgIpc) is 2.32. The van der Waals surface area contributed by atoms with Gasteiger partial charge in [-0.2, -0.15) is 0 Å². The largest absolute Gasteiger partial charge is 0.380 e. The molecule has 0 amide bonds. The van der Waals surface area contributed by atoms with Gasteiger partial charge < -0.3 is 15.0 Å². The third kappa shape index (κ3) is 7.20. The van der Waals surface area contributed by atoms with Crippen LogP contribution in [0, 0.1) is 0 Å². The molecule has 1 N–H and O–H groups in total. The summed E-state index contributed by atoms with van der Waals surface area (Å²) in [6.45, 7) is 13.4. The predicted molar refractivity (Wildman–Crippen MR) is 71.0 cm³/mol. The van der Waals surface area contributed by atoms with Crippen molar-refractivity contribution in [1.29, 1.82) is 0 Å². The Labute approximate surface area is 102 Å². The lowest BCUT2D eigenvalue weighted by molar-refractivity contribution is 0.0886. The Morgan fingerprint density at radius 2 is 1.75 bits per heavy atom. The molecule has 3 nitrogen and oxygen atoms in total. The Hall–Kier alpha value is -0.120. The van der Waals surface area contributed by atoms with E-state index in [-0.39, 0.29) is 0 Å². The summed E-state index contributed by atoms with van der Waals surface area (Å²) in [6.07, 6.45) is 2.82. The molecule has 98 valence electrons. The summed E-state index contributed by atoms with van der Waals surface area (Å²) in [4.78, 5) is 2.47. The van der Waals surface area contributed by atoms with Crippen LogP contribution in [-0.4, -0.2) is 50.3 Å². The second-order valence-corrected chi connectivity index (χ2v) is 4.42. The fraction of sp³-hybridized carbons (Fsp3) is 1.00. The van der Waals surface area contributed by atoms with Gasteiger partial charge in [-0.3, -0.25) is 0 Å². The number of unbranched alkanes of at least 4 members (excludes halogenated alkanes) is 1. The van der Waals surface area contributed by atoms with Crippen molar-refractivity contribution in [1.82, 2.24) is 10.2 Å². The fourth-order valence-electron chi connectivity index (χ4n) is 1.70. The highest BCUT2D eigenvalue weighted by molar-refractivity contribution is 4.67. The van der Waals surface area contributed by atoms with Crippen molar-refractivity contribution >= 4 is 0 Å². The zero-order valence-electron chi connectivity index (χ0n) is 11.8. The van der Waals surface area contributed by atoms with Gasteiger partial charge in [0.1, 0.15) is 0 Å². The highest BCUT2D eigenvalue weighted by Crippen LogP contribution is 1.98. The standard InChI is InChI=1S/C13H30N2O/c1-6-15(7-2)11-9-8-10-14-12(3)13(4)16-5/h12-14H,6-11H2,1-5H3. The first kappa shape index (κ1) is 15.9. The third-order valence-electron chi connectivity index (χ3n) is 3.34. The minimum atomic E-state index is 0.294. The smallest absolute Gasteiger partial charge is 0.0693 e. The Morgan fingerprint density at radius 1 is 1.12 bits per heavy atom. The van der Waals surface area contributed by atoms with E-state index in [0.717, 1.165) is 6.54 Å². The van der Waals surface area contributed by atoms with Gasteiger partial charge in [0, 0.05) is 13.2 Å². The molecular formula is C13H30N2O. The van der Waals surface area contributed by atoms with Crippen molar-refractivity contribution in [2.75, 3.05) is 33.3 Å². The molecule has 2 atom stereocenters. The number of methoxy groups -OCH3 is 1. The maximum atomic E-state index is 5.27. The minimum Gasteiger partial charge on any atom is -0.380 e. The van der Waals surface area contributed by atoms with Crippen LogP contribution in [0.25, 0.3) is 0 Å². The molecular weight excluding hydrogens is 200 g/mol. The molecule has 0 aliphatic carbocycles. The molecule has 0 saturated heterocycles. The normalized spacial score (nSPS) is 15.4. The number of rotatable bonds is 10. The maximum Gasteiger partial charge on any atom is 0.0693 e. The third-order valence-corrected chi connectivity index (χ3v) is 3.34. The van der Waals surface area contributed by atoms with Crippen molar-refractivity contribution in [3.8, 4) is 0 Å². The van der Waals surface area contributed by atoms with Gasteiger partial charge in [0.15, 0.2) is 0 Å². The summed E-state index contributed by atoms with van der Waals surface area (Å²) < 4.78 is 5.27. The molecule has 0 fully saturated rings. The van der Waals surface area contributed by atoms with Gasteiger partial charge in [-0.05, 0) is 52.9 Å². The number of hydrogen-bond donors (Lipinski definition) is 1. The van der Waals surface area contributed by atoms with E-state index in [1.165, 1.54) is 32.5 Å². The van der Waals surface area contributed by atoms with Crippen LogP contribution in [0.4, 0.5) is 0 Å². The van der Waals surface area contributed by atoms with Gasteiger partial charge in [-0.15, -0.1) is 0 Å². The molecule has 0 aliphatic heterocycles. The van der Waals surface area contributed by atoms with Crippen LogP contribution >= 0.6 is 0 Å². The molecule has 3 heteroatoms. The van der Waals surface area contributed by atoms with Crippen LogP contribution in [0.3, 0.4) is 0 Å². The SMILES string of the molecule is CCN(CC)CCCCNC(C)C(C)OC. The Bertz CT molecular complexity index is 149. The molecule has 0 heterocycles. The van der Waals surface area contributed by atoms with Gasteiger partial charge in [0.25, 0.3) is 0 Å². The lowest BCUT2D eigenvalue weighted by atomic mass is 10.2. The van der Waals surface area contributed by atoms with Crippen LogP contribution in [0.2, 0.25) is 0 Å². The fourth-order valence-corrected chi connectivity index (χ4v) is 1.70. The van der Waals surface area contributed by atoms with Crippen molar-refractivity contribution in [2.45, 2.75) is 52.7 Å². The summed E-state index contributed by atoms with van der Waals surface area (Å²) in [7, 11) is 1.77. The van der Waals surface area contributed by atoms with Crippen LogP contribution < -0.4 is 5.32 Å². The predicted octanol–water partition coefficient (Wildman–Crippen LogP) is 2.12. The highest BCUT2D eigenvalue weighted by Gasteiger charge is 2.09. The number of nitrogens with zero attached hydrogens (tertiary/aromatic N) is 1. The zero-order chi connectivity index (χ0) is 12.4. The van der Waals surface area contributed by atoms with Gasteiger partial charge in [-0.25, -0.2) is 0 Å². The monoisotopic (exact) mass is 230 g/mol. The molecule has 0 aliphatic rings. The molecule has 0 radical (unpaired) electrons. The molecule has 0 bridgehead atoms. The van der Waals surface area contributed by atoms with Crippen molar-refractivity contribution < 1.29 is 4.74 Å². The van der Waals surface area contributed by atoms with E-state index >= 15 is 0 Å². The second kappa shape index (κ2) is 10.1. The first-order valence-corrected chi connectivity index (χ1v) is 6.64. The summed E-state index contributed by atoms with van der Waals surface area (Å²) in [5.41, 5.74) is 0. The quantitative estimate of drug-likeness (QED) is 0.582. The molecule has 0 saturated carbocycles. The number of hydrogen-bond acceptors (Lipinski definition) is 3. The number of nitrogens with one attached hydrogen (secondary N) is 1. The first-order chi connectivity index (χ1) is 7.65. The van der Waals surface area contributed by atoms with Gasteiger partial charge in [0.2, 0.25) is 0 Å². The molecule has 0 rings (SSSR count). The molecule has 0 aromatic rings. The van der Waals surface area contributed by atoms with Gasteiger partial charge in [-0.1, -0.05) is 13.8 Å². The summed E-state index contributed by atoms with van der Waals surface area (Å²) >= 11 is 0. The van der Waals surface area contributed by atoms with E-state index in [4.69, 9.17) is 4.74 Å². The molecule has 0 spiro atoms. The maximum absolute atomic E-state index is 5.27. The summed E-state index contributed by atoms with van der Waals surface area (Å²) in [5.74, 6) is 0. The van der Waals surface area contributed by atoms with Crippen LogP contribution in [0.1, 0.15) is 40.5 Å². The Balaban J connectivity index is 3.39. The Morgan fingerprint density at radius 3 is 2.25 bits per heavy atom. The van der Waals surface area contributed by atoms with E-state index in [9.17, 15) is 0 Å². The Kier molecular flexibility index (Phi) is 9.99. The zero-order valence-corrected chi connectivity index (χ0v) is 11.8. The van der Waals surface area contributed by atoms with E-state index in [2.05, 4.69) is 37.9 Å². The first-order valence-electron chi connectivity index (χ1n) is 6.64. The second-order valence-electron chi connectivity index (χ2n) is 4.42. The van der Waals surface area contributed by atoms with Crippen LogP contribution in [0.5, 0.6) is 0 Å². The number of ether oxygens (including phenoxy) is 1. The topological polar surface area (TPSA) is 24.5 Å². The average molecular weight is 230 g/mol. The summed E-state index contributed by atoms with van der Waals surface area (Å²) in [6, 6.07) is 0.443. The molecule has 0 aromatic heterocycles. The van der Waals surface area contributed by atoms with E-state index < -0.39 is 0 Å². The molecule has 16 heavy (non-hydrogen) atoms. The lowest BCUT2D eigenvalue weighted by Crippen LogP contribution is -2.37. The van der Waals surface area contributed by atoms with Crippen molar-refractivity contribution in [2.24, 2.45) is 0 Å². The minimum absolute atomic E-state index is 0.294. The molecule has 0 aromatic carbocycles. The van der Waals surface area contributed by atoms with E-state index in [0.29, 0.717) is 12.1 Å². The van der Waals surface area contributed by atoms with Crippen molar-refractivity contribution in [3.63, 3.8) is 0 Å². The van der Waals surface area contributed by atoms with Crippen LogP contribution in [-0.2, 0) is 4.74 Å². The lowest BCUT2D eigenvalue weighted by Gasteiger charge is -2.21. The van der Waals surface area contributed by atoms with Crippen LogP contribution in [0.15, 0.2) is 0 Å². The molecule has 2 unspecified atom stereocenters. The summed E-state index contributed by atoms with van der Waals surface area (Å²) in [5, 5.41) is 3.50. The van der Waals surface area contributed by atoms with E-state index in [1.807, 2.05) is 0 Å². The van der Waals surface area contributed by atoms with Gasteiger partial charge >= 0.3 is 0 Å². The van der Waals surface area contributed by atoms with Gasteiger partial charge in [0.05, 0.1) is 6.10 Å². The van der Waals surface area contributed by atoms with E-state index in [1.54, 1.807) is 7.11 Å². The van der Waals surface area contributed by atoms with Crippen molar-refractivity contribution in [3.05, 3.63) is 0 Å².